The first kappa shape index (κ1) is 19.8. The van der Waals surface area contributed by atoms with Gasteiger partial charge in [-0.05, 0) is 37.1 Å². The van der Waals surface area contributed by atoms with Crippen LogP contribution in [0.25, 0.3) is 0 Å². The molecule has 2 heterocycles. The van der Waals surface area contributed by atoms with E-state index in [2.05, 4.69) is 10.9 Å². The minimum absolute atomic E-state index is 0.00578. The minimum atomic E-state index is -0.415. The third-order valence-corrected chi connectivity index (χ3v) is 5.79. The molecule has 2 aliphatic rings. The highest BCUT2D eigenvalue weighted by Crippen LogP contribution is 2.48. The predicted molar refractivity (Wildman–Crippen MR) is 106 cm³/mol. The lowest BCUT2D eigenvalue weighted by atomic mass is 9.83. The van der Waals surface area contributed by atoms with Crippen LogP contribution in [0.15, 0.2) is 48.5 Å². The van der Waals surface area contributed by atoms with Crippen LogP contribution in [-0.4, -0.2) is 41.7 Å². The first-order valence-corrected chi connectivity index (χ1v) is 10.0. The average molecular weight is 399 g/mol. The maximum Gasteiger partial charge on any atom is 0.242 e. The second-order valence-corrected chi connectivity index (χ2v) is 7.46. The number of para-hydroxylation sites is 1. The molecule has 3 N–H and O–H groups in total. The van der Waals surface area contributed by atoms with Crippen molar-refractivity contribution in [1.82, 2.24) is 15.8 Å². The Hall–Kier alpha value is -2.48. The maximum atomic E-state index is 13.5. The van der Waals surface area contributed by atoms with Gasteiger partial charge in [0.2, 0.25) is 5.91 Å². The van der Waals surface area contributed by atoms with E-state index in [1.54, 1.807) is 24.3 Å². The van der Waals surface area contributed by atoms with Gasteiger partial charge >= 0.3 is 0 Å². The van der Waals surface area contributed by atoms with Crippen molar-refractivity contribution in [3.8, 4) is 5.75 Å². The molecule has 7 heteroatoms. The molecule has 29 heavy (non-hydrogen) atoms. The molecule has 2 aromatic rings. The summed E-state index contributed by atoms with van der Waals surface area (Å²) in [5.74, 6) is -0.260. The number of halogens is 1. The fourth-order valence-corrected chi connectivity index (χ4v) is 4.51. The van der Waals surface area contributed by atoms with E-state index in [1.807, 2.05) is 24.0 Å². The Labute approximate surface area is 169 Å². The lowest BCUT2D eigenvalue weighted by molar-refractivity contribution is -0.131. The van der Waals surface area contributed by atoms with Crippen molar-refractivity contribution in [2.75, 3.05) is 19.8 Å². The van der Waals surface area contributed by atoms with Gasteiger partial charge in [-0.1, -0.05) is 30.3 Å². The number of carbonyl (C=O) groups excluding carboxylic acids is 1. The number of hydrazine groups is 1. The molecule has 0 spiro atoms. The van der Waals surface area contributed by atoms with E-state index < -0.39 is 6.04 Å². The van der Waals surface area contributed by atoms with Crippen LogP contribution in [-0.2, 0) is 9.53 Å². The molecule has 6 nitrogen and oxygen atoms in total. The summed E-state index contributed by atoms with van der Waals surface area (Å²) >= 11 is 0. The number of likely N-dealkylation sites (tertiary alicyclic amines) is 1. The van der Waals surface area contributed by atoms with E-state index in [-0.39, 0.29) is 35.5 Å². The Bertz CT molecular complexity index is 861. The Kier molecular flexibility index (Phi) is 5.80. The van der Waals surface area contributed by atoms with Gasteiger partial charge in [0, 0.05) is 31.2 Å². The number of hydrogen-bond donors (Lipinski definition) is 3. The van der Waals surface area contributed by atoms with Crippen molar-refractivity contribution in [1.29, 1.82) is 0 Å². The number of hydrogen-bond acceptors (Lipinski definition) is 5. The average Bonchev–Trinajstić information content (AvgIpc) is 3.26. The van der Waals surface area contributed by atoms with E-state index >= 15 is 0 Å². The number of nitrogens with zero attached hydrogens (tertiary/aromatic N) is 1. The van der Waals surface area contributed by atoms with Gasteiger partial charge in [0.1, 0.15) is 17.6 Å². The summed E-state index contributed by atoms with van der Waals surface area (Å²) in [5, 5.41) is 10.4. The fraction of sp³-hybridized carbons (Fsp3) is 0.409. The maximum absolute atomic E-state index is 13.5. The summed E-state index contributed by atoms with van der Waals surface area (Å²) in [4.78, 5) is 15.1. The van der Waals surface area contributed by atoms with Crippen LogP contribution >= 0.6 is 0 Å². The summed E-state index contributed by atoms with van der Waals surface area (Å²) in [6.45, 7) is 3.73. The van der Waals surface area contributed by atoms with Crippen molar-refractivity contribution in [2.24, 2.45) is 5.92 Å². The Balaban J connectivity index is 1.68. The highest BCUT2D eigenvalue weighted by Gasteiger charge is 2.55. The topological polar surface area (TPSA) is 73.8 Å². The SMILES string of the molecule is CCOCCCN1C(=O)C2NNC(c3ccccc3O)C2C1c1ccc(F)cc1. The number of amides is 1. The van der Waals surface area contributed by atoms with E-state index in [0.29, 0.717) is 19.8 Å². The van der Waals surface area contributed by atoms with Crippen LogP contribution in [0, 0.1) is 11.7 Å². The van der Waals surface area contributed by atoms with E-state index in [4.69, 9.17) is 4.74 Å². The van der Waals surface area contributed by atoms with E-state index in [0.717, 1.165) is 17.5 Å². The second kappa shape index (κ2) is 8.49. The van der Waals surface area contributed by atoms with E-state index in [9.17, 15) is 14.3 Å². The lowest BCUT2D eigenvalue weighted by Gasteiger charge is -2.31. The fourth-order valence-electron chi connectivity index (χ4n) is 4.51. The highest BCUT2D eigenvalue weighted by molar-refractivity contribution is 5.86. The summed E-state index contributed by atoms with van der Waals surface area (Å²) in [5.41, 5.74) is 7.95. The van der Waals surface area contributed by atoms with Gasteiger partial charge in [-0.2, -0.15) is 0 Å². The van der Waals surface area contributed by atoms with Gasteiger partial charge in [0.25, 0.3) is 0 Å². The molecular formula is C22H26FN3O3. The minimum Gasteiger partial charge on any atom is -0.508 e. The zero-order valence-electron chi connectivity index (χ0n) is 16.3. The highest BCUT2D eigenvalue weighted by atomic mass is 19.1. The largest absolute Gasteiger partial charge is 0.508 e. The van der Waals surface area contributed by atoms with Crippen molar-refractivity contribution in [3.05, 3.63) is 65.5 Å². The Morgan fingerprint density at radius 3 is 2.55 bits per heavy atom. The number of benzene rings is 2. The molecule has 0 aliphatic carbocycles. The zero-order valence-corrected chi connectivity index (χ0v) is 16.3. The first-order chi connectivity index (χ1) is 14.1. The second-order valence-electron chi connectivity index (χ2n) is 7.46. The Morgan fingerprint density at radius 2 is 1.83 bits per heavy atom. The molecule has 1 amide bonds. The van der Waals surface area contributed by atoms with Crippen molar-refractivity contribution in [3.63, 3.8) is 0 Å². The molecule has 4 atom stereocenters. The van der Waals surface area contributed by atoms with Gasteiger partial charge < -0.3 is 14.7 Å². The van der Waals surface area contributed by atoms with Crippen LogP contribution in [0.3, 0.4) is 0 Å². The van der Waals surface area contributed by atoms with Crippen LogP contribution in [0.4, 0.5) is 4.39 Å². The van der Waals surface area contributed by atoms with Gasteiger partial charge in [-0.25, -0.2) is 15.2 Å². The van der Waals surface area contributed by atoms with Crippen molar-refractivity contribution in [2.45, 2.75) is 31.5 Å². The molecule has 4 unspecified atom stereocenters. The Morgan fingerprint density at radius 1 is 1.10 bits per heavy atom. The number of rotatable bonds is 7. The van der Waals surface area contributed by atoms with Crippen molar-refractivity contribution >= 4 is 5.91 Å². The zero-order chi connectivity index (χ0) is 20.4. The summed E-state index contributed by atoms with van der Waals surface area (Å²) < 4.78 is 19.0. The molecule has 0 bridgehead atoms. The normalized spacial score (nSPS) is 26.1. The molecule has 4 rings (SSSR count). The van der Waals surface area contributed by atoms with E-state index in [1.165, 1.54) is 12.1 Å². The summed E-state index contributed by atoms with van der Waals surface area (Å²) in [7, 11) is 0. The van der Waals surface area contributed by atoms with Gasteiger partial charge in [-0.3, -0.25) is 4.79 Å². The summed E-state index contributed by atoms with van der Waals surface area (Å²) in [6.07, 6.45) is 0.728. The van der Waals surface area contributed by atoms with Gasteiger partial charge in [-0.15, -0.1) is 0 Å². The number of carbonyl (C=O) groups is 1. The predicted octanol–water partition coefficient (Wildman–Crippen LogP) is 2.68. The van der Waals surface area contributed by atoms with Crippen molar-refractivity contribution < 1.29 is 19.0 Å². The number of aromatic hydroxyl groups is 1. The standard InChI is InChI=1S/C22H26FN3O3/c1-2-29-13-5-12-26-21(14-8-10-15(23)11-9-14)18-19(24-25-20(18)22(26)28)16-6-3-4-7-17(16)27/h3-4,6-11,18-21,24-25,27H,2,5,12-13H2,1H3. The molecule has 0 radical (unpaired) electrons. The molecule has 0 aromatic heterocycles. The van der Waals surface area contributed by atoms with Gasteiger partial charge in [0.05, 0.1) is 12.1 Å². The molecular weight excluding hydrogens is 373 g/mol. The lowest BCUT2D eigenvalue weighted by Crippen LogP contribution is -2.41. The first-order valence-electron chi connectivity index (χ1n) is 10.0. The van der Waals surface area contributed by atoms with Crippen LogP contribution in [0.2, 0.25) is 0 Å². The molecule has 2 saturated heterocycles. The molecule has 2 aromatic carbocycles. The molecule has 0 saturated carbocycles. The van der Waals surface area contributed by atoms with Crippen LogP contribution in [0.1, 0.15) is 36.6 Å². The number of phenolic OH excluding ortho intramolecular Hbond substituents is 1. The van der Waals surface area contributed by atoms with Crippen LogP contribution < -0.4 is 10.9 Å². The number of nitrogens with one attached hydrogen (secondary N) is 2. The quantitative estimate of drug-likeness (QED) is 0.625. The third-order valence-electron chi connectivity index (χ3n) is 5.79. The number of ether oxygens (including phenoxy) is 1. The molecule has 154 valence electrons. The molecule has 2 aliphatic heterocycles. The van der Waals surface area contributed by atoms with Crippen LogP contribution in [0.5, 0.6) is 5.75 Å². The molecule has 2 fully saturated rings. The van der Waals surface area contributed by atoms with Gasteiger partial charge in [0.15, 0.2) is 0 Å². The third kappa shape index (κ3) is 3.73. The monoisotopic (exact) mass is 399 g/mol. The smallest absolute Gasteiger partial charge is 0.242 e. The number of fused-ring (bicyclic) bond motifs is 1. The summed E-state index contributed by atoms with van der Waals surface area (Å²) in [6, 6.07) is 12.6. The number of phenols is 1.